The highest BCUT2D eigenvalue weighted by Crippen LogP contribution is 2.51. The van der Waals surface area contributed by atoms with Crippen LogP contribution in [0.15, 0.2) is 47.4 Å². The van der Waals surface area contributed by atoms with Gasteiger partial charge in [0.25, 0.3) is 0 Å². The average molecular weight is 578 g/mol. The number of carbonyl (C=O) groups is 2. The molecule has 1 amide bonds. The Kier molecular flexibility index (Phi) is 7.84. The number of esters is 1. The minimum atomic E-state index is -4.55. The molecule has 4 atom stereocenters. The molecule has 0 spiro atoms. The van der Waals surface area contributed by atoms with Crippen molar-refractivity contribution in [3.05, 3.63) is 58.1 Å². The summed E-state index contributed by atoms with van der Waals surface area (Å²) < 4.78 is 61.7. The van der Waals surface area contributed by atoms with E-state index in [0.717, 1.165) is 12.5 Å². The van der Waals surface area contributed by atoms with Gasteiger partial charge in [-0.2, -0.15) is 13.2 Å². The van der Waals surface area contributed by atoms with Crippen LogP contribution in [0.4, 0.5) is 13.2 Å². The standard InChI is InChI=1S/C25H24Cl2F3NO5S/c1-14(25(28,29)30)36-17-7-8-21(19(27)11-17)37(34)18-12-20(22(32)35-2)31(13-18)23(33)24(9-10-24)15-3-5-16(26)6-4-15/h3-8,11,14,18,20H,9-10,12-13H2,1-2H3/t14-,18?,20?,37?/m0/s1. The zero-order chi connectivity index (χ0) is 27.1. The van der Waals surface area contributed by atoms with E-state index in [9.17, 15) is 27.0 Å². The molecule has 1 aliphatic carbocycles. The lowest BCUT2D eigenvalue weighted by Crippen LogP contribution is -2.46. The number of alkyl halides is 3. The molecule has 0 radical (unpaired) electrons. The summed E-state index contributed by atoms with van der Waals surface area (Å²) >= 11 is 12.3. The quantitative estimate of drug-likeness (QED) is 0.417. The monoisotopic (exact) mass is 577 g/mol. The van der Waals surface area contributed by atoms with E-state index >= 15 is 0 Å². The molecule has 1 saturated heterocycles. The van der Waals surface area contributed by atoms with Crippen LogP contribution in [0.25, 0.3) is 0 Å². The molecule has 0 bridgehead atoms. The fraction of sp³-hybridized carbons (Fsp3) is 0.440. The Balaban J connectivity index is 1.55. The largest absolute Gasteiger partial charge is 0.481 e. The van der Waals surface area contributed by atoms with Crippen molar-refractivity contribution >= 4 is 45.9 Å². The summed E-state index contributed by atoms with van der Waals surface area (Å²) in [5, 5.41) is -0.144. The number of carbonyl (C=O) groups excluding carboxylic acids is 2. The summed E-state index contributed by atoms with van der Waals surface area (Å²) in [7, 11) is -0.546. The van der Waals surface area contributed by atoms with Crippen molar-refractivity contribution in [3.8, 4) is 5.75 Å². The highest BCUT2D eigenvalue weighted by molar-refractivity contribution is 7.85. The van der Waals surface area contributed by atoms with Gasteiger partial charge in [-0.3, -0.25) is 9.00 Å². The molecule has 0 N–H and O–H groups in total. The Labute approximate surface area is 224 Å². The number of nitrogens with zero attached hydrogens (tertiary/aromatic N) is 1. The maximum Gasteiger partial charge on any atom is 0.425 e. The van der Waals surface area contributed by atoms with Crippen LogP contribution in [0.5, 0.6) is 5.75 Å². The minimum Gasteiger partial charge on any atom is -0.481 e. The molecule has 1 heterocycles. The fourth-order valence-electron chi connectivity index (χ4n) is 4.50. The molecule has 1 aliphatic heterocycles. The number of likely N-dealkylation sites (tertiary alicyclic amines) is 1. The predicted octanol–water partition coefficient (Wildman–Crippen LogP) is 5.30. The van der Waals surface area contributed by atoms with Gasteiger partial charge in [0, 0.05) is 11.6 Å². The highest BCUT2D eigenvalue weighted by Gasteiger charge is 2.56. The van der Waals surface area contributed by atoms with Crippen LogP contribution in [0.3, 0.4) is 0 Å². The van der Waals surface area contributed by atoms with E-state index in [1.54, 1.807) is 24.3 Å². The Morgan fingerprint density at radius 2 is 1.78 bits per heavy atom. The maximum absolute atomic E-state index is 13.7. The van der Waals surface area contributed by atoms with Gasteiger partial charge in [0.15, 0.2) is 6.10 Å². The molecule has 1 saturated carbocycles. The van der Waals surface area contributed by atoms with E-state index < -0.39 is 45.8 Å². The fourth-order valence-corrected chi connectivity index (χ4v) is 6.49. The van der Waals surface area contributed by atoms with Crippen molar-refractivity contribution in [1.29, 1.82) is 0 Å². The summed E-state index contributed by atoms with van der Waals surface area (Å²) in [5.41, 5.74) is 0.0146. The first kappa shape index (κ1) is 27.7. The van der Waals surface area contributed by atoms with Gasteiger partial charge in [0.05, 0.1) is 38.5 Å². The van der Waals surface area contributed by atoms with Gasteiger partial charge >= 0.3 is 12.1 Å². The second-order valence-corrected chi connectivity index (χ2v) is 11.7. The van der Waals surface area contributed by atoms with E-state index in [1.165, 1.54) is 30.2 Å². The molecule has 200 valence electrons. The third-order valence-corrected chi connectivity index (χ3v) is 9.16. The number of amides is 1. The van der Waals surface area contributed by atoms with Crippen molar-refractivity contribution in [2.45, 2.75) is 60.1 Å². The first-order valence-electron chi connectivity index (χ1n) is 11.5. The Morgan fingerprint density at radius 1 is 1.14 bits per heavy atom. The number of rotatable bonds is 7. The molecule has 37 heavy (non-hydrogen) atoms. The molecule has 2 aliphatic rings. The second kappa shape index (κ2) is 10.5. The van der Waals surface area contributed by atoms with Gasteiger partial charge in [-0.05, 0) is 62.1 Å². The van der Waals surface area contributed by atoms with Crippen LogP contribution in [-0.2, 0) is 30.5 Å². The molecule has 2 aromatic carbocycles. The van der Waals surface area contributed by atoms with Crippen LogP contribution in [0.1, 0.15) is 31.7 Å². The first-order chi connectivity index (χ1) is 17.4. The number of hydrogen-bond donors (Lipinski definition) is 0. The number of halogens is 5. The maximum atomic E-state index is 13.7. The number of benzene rings is 2. The van der Waals surface area contributed by atoms with Crippen LogP contribution in [0, 0.1) is 0 Å². The summed E-state index contributed by atoms with van der Waals surface area (Å²) in [6.07, 6.45) is -5.31. The van der Waals surface area contributed by atoms with Crippen molar-refractivity contribution < 1.29 is 36.4 Å². The van der Waals surface area contributed by atoms with Crippen molar-refractivity contribution in [2.75, 3.05) is 13.7 Å². The summed E-state index contributed by atoms with van der Waals surface area (Å²) in [4.78, 5) is 27.9. The molecule has 2 fully saturated rings. The van der Waals surface area contributed by atoms with Gasteiger partial charge in [0.1, 0.15) is 11.8 Å². The van der Waals surface area contributed by atoms with Gasteiger partial charge in [-0.1, -0.05) is 35.3 Å². The topological polar surface area (TPSA) is 72.9 Å². The lowest BCUT2D eigenvalue weighted by Gasteiger charge is -2.27. The van der Waals surface area contributed by atoms with E-state index in [4.69, 9.17) is 32.7 Å². The number of methoxy groups -OCH3 is 1. The molecule has 3 unspecified atom stereocenters. The van der Waals surface area contributed by atoms with E-state index in [0.29, 0.717) is 17.9 Å². The van der Waals surface area contributed by atoms with E-state index in [-0.39, 0.29) is 34.5 Å². The summed E-state index contributed by atoms with van der Waals surface area (Å²) in [5.74, 6) is -0.985. The highest BCUT2D eigenvalue weighted by atomic mass is 35.5. The van der Waals surface area contributed by atoms with E-state index in [1.807, 2.05) is 0 Å². The third-order valence-electron chi connectivity index (χ3n) is 6.75. The van der Waals surface area contributed by atoms with Gasteiger partial charge in [-0.15, -0.1) is 0 Å². The van der Waals surface area contributed by atoms with Gasteiger partial charge in [0.2, 0.25) is 5.91 Å². The zero-order valence-corrected chi connectivity index (χ0v) is 22.2. The molecule has 2 aromatic rings. The smallest absolute Gasteiger partial charge is 0.425 e. The van der Waals surface area contributed by atoms with Gasteiger partial charge in [-0.25, -0.2) is 4.79 Å². The van der Waals surface area contributed by atoms with Crippen molar-refractivity contribution in [1.82, 2.24) is 4.90 Å². The molecule has 0 aromatic heterocycles. The minimum absolute atomic E-state index is 0.0280. The molecule has 12 heteroatoms. The van der Waals surface area contributed by atoms with Crippen molar-refractivity contribution in [3.63, 3.8) is 0 Å². The lowest BCUT2D eigenvalue weighted by molar-refractivity contribution is -0.189. The van der Waals surface area contributed by atoms with Gasteiger partial charge < -0.3 is 14.4 Å². The first-order valence-corrected chi connectivity index (χ1v) is 13.4. The number of ether oxygens (including phenoxy) is 2. The van der Waals surface area contributed by atoms with Crippen LogP contribution < -0.4 is 4.74 Å². The molecular formula is C25H24Cl2F3NO5S. The summed E-state index contributed by atoms with van der Waals surface area (Å²) in [6.45, 7) is 0.897. The summed E-state index contributed by atoms with van der Waals surface area (Å²) in [6, 6.07) is 9.83. The Morgan fingerprint density at radius 3 is 2.32 bits per heavy atom. The van der Waals surface area contributed by atoms with Crippen molar-refractivity contribution in [2.24, 2.45) is 0 Å². The van der Waals surface area contributed by atoms with Crippen LogP contribution in [-0.4, -0.2) is 58.2 Å². The molecule has 4 rings (SSSR count). The van der Waals surface area contributed by atoms with E-state index in [2.05, 4.69) is 0 Å². The second-order valence-electron chi connectivity index (χ2n) is 9.13. The molecule has 6 nitrogen and oxygen atoms in total. The predicted molar refractivity (Wildman–Crippen MR) is 132 cm³/mol. The Hall–Kier alpha value is -2.30. The third kappa shape index (κ3) is 5.61. The average Bonchev–Trinajstić information content (AvgIpc) is 3.54. The molecular weight excluding hydrogens is 554 g/mol. The number of hydrogen-bond acceptors (Lipinski definition) is 5. The SMILES string of the molecule is COC(=O)C1CC(S(=O)c2ccc(O[C@@H](C)C(F)(F)F)cc2Cl)CN1C(=O)C1(c2ccc(Cl)cc2)CC1. The lowest BCUT2D eigenvalue weighted by atomic mass is 9.94. The van der Waals surface area contributed by atoms with Crippen LogP contribution >= 0.6 is 23.2 Å². The van der Waals surface area contributed by atoms with Crippen LogP contribution in [0.2, 0.25) is 10.0 Å². The zero-order valence-electron chi connectivity index (χ0n) is 19.9. The normalized spacial score (nSPS) is 22.3. The Bertz CT molecular complexity index is 1220.